The van der Waals surface area contributed by atoms with Gasteiger partial charge < -0.3 is 14.7 Å². The van der Waals surface area contributed by atoms with Crippen molar-refractivity contribution in [3.8, 4) is 0 Å². The molecule has 2 aromatic rings. The van der Waals surface area contributed by atoms with Crippen molar-refractivity contribution in [1.29, 1.82) is 0 Å². The van der Waals surface area contributed by atoms with Gasteiger partial charge in [0.25, 0.3) is 5.91 Å². The van der Waals surface area contributed by atoms with Gasteiger partial charge in [-0.05, 0) is 38.4 Å². The van der Waals surface area contributed by atoms with E-state index >= 15 is 0 Å². The Hall–Kier alpha value is -2.14. The Labute approximate surface area is 136 Å². The van der Waals surface area contributed by atoms with Gasteiger partial charge in [-0.2, -0.15) is 0 Å². The summed E-state index contributed by atoms with van der Waals surface area (Å²) < 4.78 is 5.20. The van der Waals surface area contributed by atoms with Gasteiger partial charge in [-0.15, -0.1) is 0 Å². The number of nitrogens with zero attached hydrogens (tertiary/aromatic N) is 2. The molecule has 0 radical (unpaired) electrons. The zero-order chi connectivity index (χ0) is 16.1. The molecule has 1 aromatic carbocycles. The van der Waals surface area contributed by atoms with Crippen molar-refractivity contribution >= 4 is 5.91 Å². The molecule has 1 heterocycles. The molecule has 1 amide bonds. The molecule has 0 unspecified atom stereocenters. The highest BCUT2D eigenvalue weighted by atomic mass is 16.5. The third-order valence-corrected chi connectivity index (χ3v) is 4.04. The van der Waals surface area contributed by atoms with Crippen molar-refractivity contribution in [1.82, 2.24) is 15.4 Å². The Morgan fingerprint density at radius 3 is 2.87 bits per heavy atom. The number of amides is 1. The SMILES string of the molecule is CN(CCCNC(=O)c1cc(C2CC2)on1)Cc1ccccc1. The van der Waals surface area contributed by atoms with Crippen LogP contribution >= 0.6 is 0 Å². The molecule has 122 valence electrons. The first-order chi connectivity index (χ1) is 11.2. The maximum Gasteiger partial charge on any atom is 0.273 e. The van der Waals surface area contributed by atoms with Gasteiger partial charge in [-0.3, -0.25) is 4.79 Å². The molecule has 1 fully saturated rings. The van der Waals surface area contributed by atoms with Crippen LogP contribution in [0.25, 0.3) is 0 Å². The van der Waals surface area contributed by atoms with E-state index in [9.17, 15) is 4.79 Å². The van der Waals surface area contributed by atoms with Crippen LogP contribution in [0.15, 0.2) is 40.9 Å². The first kappa shape index (κ1) is 15.7. The highest BCUT2D eigenvalue weighted by Crippen LogP contribution is 2.40. The van der Waals surface area contributed by atoms with E-state index in [0.29, 0.717) is 18.2 Å². The standard InChI is InChI=1S/C18H23N3O2/c1-21(13-14-6-3-2-4-7-14)11-5-10-19-18(22)16-12-17(23-20-16)15-8-9-15/h2-4,6-7,12,15H,5,8-11,13H2,1H3,(H,19,22). The Bertz CT molecular complexity index is 635. The van der Waals surface area contributed by atoms with E-state index in [4.69, 9.17) is 4.52 Å². The summed E-state index contributed by atoms with van der Waals surface area (Å²) in [6, 6.07) is 12.2. The number of nitrogens with one attached hydrogen (secondary N) is 1. The largest absolute Gasteiger partial charge is 0.360 e. The number of rotatable bonds is 8. The van der Waals surface area contributed by atoms with Crippen LogP contribution in [0.2, 0.25) is 0 Å². The first-order valence-corrected chi connectivity index (χ1v) is 8.19. The lowest BCUT2D eigenvalue weighted by atomic mass is 10.2. The number of carbonyl (C=O) groups is 1. The highest BCUT2D eigenvalue weighted by Gasteiger charge is 2.28. The van der Waals surface area contributed by atoms with Gasteiger partial charge in [0.1, 0.15) is 5.76 Å². The Balaban J connectivity index is 1.34. The predicted octanol–water partition coefficient (Wildman–Crippen LogP) is 2.80. The lowest BCUT2D eigenvalue weighted by Crippen LogP contribution is -2.28. The average molecular weight is 313 g/mol. The van der Waals surface area contributed by atoms with Crippen molar-refractivity contribution in [3.63, 3.8) is 0 Å². The maximum absolute atomic E-state index is 12.0. The fourth-order valence-electron chi connectivity index (χ4n) is 2.57. The van der Waals surface area contributed by atoms with Gasteiger partial charge >= 0.3 is 0 Å². The summed E-state index contributed by atoms with van der Waals surface area (Å²) in [6.07, 6.45) is 3.19. The molecule has 0 bridgehead atoms. The molecule has 1 saturated carbocycles. The summed E-state index contributed by atoms with van der Waals surface area (Å²) in [4.78, 5) is 14.2. The summed E-state index contributed by atoms with van der Waals surface area (Å²) in [7, 11) is 2.09. The lowest BCUT2D eigenvalue weighted by molar-refractivity contribution is 0.0942. The van der Waals surface area contributed by atoms with E-state index in [1.165, 1.54) is 5.56 Å². The van der Waals surface area contributed by atoms with Crippen LogP contribution in [0.4, 0.5) is 0 Å². The molecule has 0 saturated heterocycles. The zero-order valence-electron chi connectivity index (χ0n) is 13.5. The second-order valence-corrected chi connectivity index (χ2v) is 6.22. The smallest absolute Gasteiger partial charge is 0.273 e. The Morgan fingerprint density at radius 2 is 2.13 bits per heavy atom. The van der Waals surface area contributed by atoms with Crippen molar-refractivity contribution in [2.75, 3.05) is 20.1 Å². The van der Waals surface area contributed by atoms with Crippen LogP contribution in [0, 0.1) is 0 Å². The zero-order valence-corrected chi connectivity index (χ0v) is 13.5. The van der Waals surface area contributed by atoms with Gasteiger partial charge in [0.15, 0.2) is 5.69 Å². The fourth-order valence-corrected chi connectivity index (χ4v) is 2.57. The van der Waals surface area contributed by atoms with Crippen LogP contribution in [0.5, 0.6) is 0 Å². The van der Waals surface area contributed by atoms with E-state index in [1.807, 2.05) is 6.07 Å². The van der Waals surface area contributed by atoms with Crippen LogP contribution in [-0.2, 0) is 6.54 Å². The van der Waals surface area contributed by atoms with Crippen molar-refractivity contribution < 1.29 is 9.32 Å². The van der Waals surface area contributed by atoms with E-state index in [0.717, 1.165) is 38.1 Å². The van der Waals surface area contributed by atoms with Crippen molar-refractivity contribution in [2.24, 2.45) is 0 Å². The second kappa shape index (κ2) is 7.42. The van der Waals surface area contributed by atoms with Crippen molar-refractivity contribution in [2.45, 2.75) is 31.7 Å². The van der Waals surface area contributed by atoms with E-state index in [1.54, 1.807) is 6.07 Å². The van der Waals surface area contributed by atoms with E-state index in [2.05, 4.69) is 46.7 Å². The summed E-state index contributed by atoms with van der Waals surface area (Å²) in [5, 5.41) is 6.75. The second-order valence-electron chi connectivity index (χ2n) is 6.22. The number of carbonyl (C=O) groups excluding carboxylic acids is 1. The molecular weight excluding hydrogens is 290 g/mol. The molecule has 1 N–H and O–H groups in total. The molecule has 0 aliphatic heterocycles. The van der Waals surface area contributed by atoms with Gasteiger partial charge in [0, 0.05) is 25.1 Å². The molecule has 5 nitrogen and oxygen atoms in total. The molecule has 1 aromatic heterocycles. The van der Waals surface area contributed by atoms with Gasteiger partial charge in [-0.1, -0.05) is 35.5 Å². The summed E-state index contributed by atoms with van der Waals surface area (Å²) in [5.41, 5.74) is 1.69. The lowest BCUT2D eigenvalue weighted by Gasteiger charge is -2.16. The Morgan fingerprint density at radius 1 is 1.35 bits per heavy atom. The normalized spacial score (nSPS) is 14.2. The fraction of sp³-hybridized carbons (Fsp3) is 0.444. The van der Waals surface area contributed by atoms with E-state index < -0.39 is 0 Å². The number of aromatic nitrogens is 1. The molecule has 1 aliphatic carbocycles. The van der Waals surface area contributed by atoms with Crippen LogP contribution in [0.1, 0.15) is 47.0 Å². The third-order valence-electron chi connectivity index (χ3n) is 4.04. The third kappa shape index (κ3) is 4.66. The summed E-state index contributed by atoms with van der Waals surface area (Å²) in [6.45, 7) is 2.49. The van der Waals surface area contributed by atoms with Crippen LogP contribution < -0.4 is 5.32 Å². The first-order valence-electron chi connectivity index (χ1n) is 8.19. The molecule has 1 aliphatic rings. The molecule has 3 rings (SSSR count). The molecule has 0 atom stereocenters. The molecular formula is C18H23N3O2. The molecule has 5 heteroatoms. The van der Waals surface area contributed by atoms with Crippen molar-refractivity contribution in [3.05, 3.63) is 53.4 Å². The number of hydrogen-bond acceptors (Lipinski definition) is 4. The van der Waals surface area contributed by atoms with Gasteiger partial charge in [0.05, 0.1) is 0 Å². The topological polar surface area (TPSA) is 58.4 Å². The van der Waals surface area contributed by atoms with Gasteiger partial charge in [-0.25, -0.2) is 0 Å². The highest BCUT2D eigenvalue weighted by molar-refractivity contribution is 5.92. The minimum Gasteiger partial charge on any atom is -0.360 e. The van der Waals surface area contributed by atoms with E-state index in [-0.39, 0.29) is 5.91 Å². The predicted molar refractivity (Wildman–Crippen MR) is 88.2 cm³/mol. The minimum atomic E-state index is -0.147. The maximum atomic E-state index is 12.0. The van der Waals surface area contributed by atoms with Gasteiger partial charge in [0.2, 0.25) is 0 Å². The number of benzene rings is 1. The monoisotopic (exact) mass is 313 g/mol. The molecule has 23 heavy (non-hydrogen) atoms. The number of hydrogen-bond donors (Lipinski definition) is 1. The summed E-state index contributed by atoms with van der Waals surface area (Å²) >= 11 is 0. The Kier molecular flexibility index (Phi) is 5.08. The quantitative estimate of drug-likeness (QED) is 0.761. The average Bonchev–Trinajstić information content (AvgIpc) is 3.29. The van der Waals surface area contributed by atoms with Crippen LogP contribution in [0.3, 0.4) is 0 Å². The van der Waals surface area contributed by atoms with Crippen LogP contribution in [-0.4, -0.2) is 36.1 Å². The minimum absolute atomic E-state index is 0.147. The molecule has 0 spiro atoms. The summed E-state index contributed by atoms with van der Waals surface area (Å²) in [5.74, 6) is 1.18.